The van der Waals surface area contributed by atoms with Crippen LogP contribution in [-0.4, -0.2) is 31.1 Å². The zero-order valence-corrected chi connectivity index (χ0v) is 17.2. The molecule has 1 atom stereocenters. The Labute approximate surface area is 175 Å². The summed E-state index contributed by atoms with van der Waals surface area (Å²) in [6.45, 7) is 0. The Kier molecular flexibility index (Phi) is 7.02. The molecule has 2 aromatic carbocycles. The molecule has 1 unspecified atom stereocenters. The smallest absolute Gasteiger partial charge is 0.335 e. The predicted octanol–water partition coefficient (Wildman–Crippen LogP) is 5.69. The first-order chi connectivity index (χ1) is 14.2. The van der Waals surface area contributed by atoms with Gasteiger partial charge in [0.1, 0.15) is 0 Å². The van der Waals surface area contributed by atoms with Gasteiger partial charge < -0.3 is 15.5 Å². The lowest BCUT2D eigenvalue weighted by atomic mass is 9.79. The number of carbonyl (C=O) groups is 1. The van der Waals surface area contributed by atoms with Crippen LogP contribution in [0.4, 0.5) is 23.7 Å². The number of nitrogens with zero attached hydrogens (tertiary/aromatic N) is 1. The predicted molar refractivity (Wildman–Crippen MR) is 112 cm³/mol. The molecule has 2 amide bonds. The van der Waals surface area contributed by atoms with E-state index in [1.807, 2.05) is 6.07 Å². The van der Waals surface area contributed by atoms with Gasteiger partial charge in [0.05, 0.1) is 5.56 Å². The van der Waals surface area contributed by atoms with Crippen molar-refractivity contribution in [2.45, 2.75) is 43.9 Å². The van der Waals surface area contributed by atoms with Crippen LogP contribution in [0, 0.1) is 5.92 Å². The number of carbonyl (C=O) groups excluding carboxylic acids is 1. The fourth-order valence-electron chi connectivity index (χ4n) is 4.35. The number of hydrogen-bond donors (Lipinski definition) is 2. The monoisotopic (exact) mass is 419 g/mol. The lowest BCUT2D eigenvalue weighted by molar-refractivity contribution is -0.137. The van der Waals surface area contributed by atoms with Gasteiger partial charge in [-0.25, -0.2) is 4.79 Å². The summed E-state index contributed by atoms with van der Waals surface area (Å²) in [5.41, 5.74) is 0.644. The number of hydrogen-bond acceptors (Lipinski definition) is 2. The molecule has 0 heterocycles. The minimum absolute atomic E-state index is 0.0191. The molecule has 2 aromatic rings. The molecule has 1 aliphatic rings. The van der Waals surface area contributed by atoms with Gasteiger partial charge in [-0.3, -0.25) is 0 Å². The lowest BCUT2D eigenvalue weighted by Crippen LogP contribution is -2.41. The summed E-state index contributed by atoms with van der Waals surface area (Å²) in [4.78, 5) is 14.5. The summed E-state index contributed by atoms with van der Waals surface area (Å²) in [6, 6.07) is 15.0. The topological polar surface area (TPSA) is 44.4 Å². The second-order valence-electron chi connectivity index (χ2n) is 8.11. The van der Waals surface area contributed by atoms with Crippen LogP contribution in [0.3, 0.4) is 0 Å². The van der Waals surface area contributed by atoms with Crippen molar-refractivity contribution in [3.8, 4) is 0 Å². The van der Waals surface area contributed by atoms with Crippen molar-refractivity contribution in [2.24, 2.45) is 5.92 Å². The first kappa shape index (κ1) is 22.2. The molecular weight excluding hydrogens is 391 g/mol. The zero-order chi connectivity index (χ0) is 21.7. The molecule has 162 valence electrons. The zero-order valence-electron chi connectivity index (χ0n) is 17.2. The van der Waals surface area contributed by atoms with Crippen LogP contribution in [-0.2, 0) is 6.18 Å². The summed E-state index contributed by atoms with van der Waals surface area (Å²) in [5, 5.41) is 5.43. The van der Waals surface area contributed by atoms with E-state index in [9.17, 15) is 18.0 Å². The summed E-state index contributed by atoms with van der Waals surface area (Å²) in [5.74, 6) is 0.493. The molecule has 3 rings (SSSR count). The maximum atomic E-state index is 12.8. The summed E-state index contributed by atoms with van der Waals surface area (Å²) < 4.78 is 38.5. The Bertz CT molecular complexity index is 831. The van der Waals surface area contributed by atoms with Gasteiger partial charge in [0.15, 0.2) is 0 Å². The van der Waals surface area contributed by atoms with Crippen LogP contribution in [0.25, 0.3) is 0 Å². The van der Waals surface area contributed by atoms with Crippen molar-refractivity contribution >= 4 is 11.7 Å². The van der Waals surface area contributed by atoms with E-state index in [4.69, 9.17) is 0 Å². The molecule has 7 heteroatoms. The van der Waals surface area contributed by atoms with Crippen molar-refractivity contribution in [3.05, 3.63) is 65.7 Å². The highest BCUT2D eigenvalue weighted by Gasteiger charge is 2.31. The van der Waals surface area contributed by atoms with Crippen LogP contribution >= 0.6 is 0 Å². The number of rotatable bonds is 5. The van der Waals surface area contributed by atoms with Crippen LogP contribution < -0.4 is 10.6 Å². The van der Waals surface area contributed by atoms with Gasteiger partial charge in [-0.2, -0.15) is 13.2 Å². The lowest BCUT2D eigenvalue weighted by Gasteiger charge is -2.37. The molecule has 0 aromatic heterocycles. The Hall–Kier alpha value is -2.54. The second kappa shape index (κ2) is 9.51. The van der Waals surface area contributed by atoms with E-state index in [1.165, 1.54) is 17.7 Å². The largest absolute Gasteiger partial charge is 0.416 e. The van der Waals surface area contributed by atoms with Gasteiger partial charge in [0, 0.05) is 17.8 Å². The third-order valence-electron chi connectivity index (χ3n) is 5.70. The summed E-state index contributed by atoms with van der Waals surface area (Å²) in [7, 11) is 4.18. The van der Waals surface area contributed by atoms with Crippen LogP contribution in [0.5, 0.6) is 0 Å². The van der Waals surface area contributed by atoms with Gasteiger partial charge in [0.2, 0.25) is 0 Å². The molecule has 0 bridgehead atoms. The van der Waals surface area contributed by atoms with Gasteiger partial charge in [-0.15, -0.1) is 0 Å². The molecular formula is C23H28F3N3O. The number of nitrogens with one attached hydrogen (secondary N) is 2. The minimum atomic E-state index is -4.44. The number of amides is 2. The number of alkyl halides is 3. The number of urea groups is 1. The first-order valence-corrected chi connectivity index (χ1v) is 10.2. The highest BCUT2D eigenvalue weighted by atomic mass is 19.4. The maximum Gasteiger partial charge on any atom is 0.416 e. The molecule has 0 aliphatic heterocycles. The Balaban J connectivity index is 1.54. The van der Waals surface area contributed by atoms with Crippen molar-refractivity contribution in [1.29, 1.82) is 0 Å². The van der Waals surface area contributed by atoms with E-state index >= 15 is 0 Å². The van der Waals surface area contributed by atoms with E-state index in [-0.39, 0.29) is 11.7 Å². The van der Waals surface area contributed by atoms with Crippen LogP contribution in [0.1, 0.15) is 42.9 Å². The van der Waals surface area contributed by atoms with Crippen molar-refractivity contribution < 1.29 is 18.0 Å². The molecule has 4 nitrogen and oxygen atoms in total. The number of benzene rings is 2. The number of halogens is 3. The average Bonchev–Trinajstić information content (AvgIpc) is 2.69. The van der Waals surface area contributed by atoms with Gasteiger partial charge in [-0.05, 0) is 69.5 Å². The summed E-state index contributed by atoms with van der Waals surface area (Å²) in [6.07, 6.45) is -0.789. The Morgan fingerprint density at radius 1 is 1.00 bits per heavy atom. The van der Waals surface area contributed by atoms with Crippen molar-refractivity contribution in [2.75, 3.05) is 19.4 Å². The second-order valence-corrected chi connectivity index (χ2v) is 8.11. The van der Waals surface area contributed by atoms with E-state index in [0.717, 1.165) is 37.8 Å². The third kappa shape index (κ3) is 5.75. The minimum Gasteiger partial charge on any atom is -0.335 e. The molecule has 1 aliphatic carbocycles. The number of anilines is 1. The molecule has 0 spiro atoms. The van der Waals surface area contributed by atoms with E-state index in [1.54, 1.807) is 0 Å². The van der Waals surface area contributed by atoms with Gasteiger partial charge in [-0.1, -0.05) is 36.4 Å². The van der Waals surface area contributed by atoms with E-state index in [2.05, 4.69) is 53.9 Å². The fourth-order valence-corrected chi connectivity index (χ4v) is 4.35. The summed E-state index contributed by atoms with van der Waals surface area (Å²) >= 11 is 0. The fraction of sp³-hybridized carbons (Fsp3) is 0.435. The maximum absolute atomic E-state index is 12.8. The normalized spacial score (nSPS) is 20.6. The average molecular weight is 419 g/mol. The molecule has 30 heavy (non-hydrogen) atoms. The first-order valence-electron chi connectivity index (χ1n) is 10.2. The Morgan fingerprint density at radius 3 is 2.27 bits per heavy atom. The van der Waals surface area contributed by atoms with Crippen molar-refractivity contribution in [3.63, 3.8) is 0 Å². The highest BCUT2D eigenvalue weighted by Crippen LogP contribution is 2.37. The van der Waals surface area contributed by atoms with Crippen LogP contribution in [0.15, 0.2) is 54.6 Å². The van der Waals surface area contributed by atoms with Crippen LogP contribution in [0.2, 0.25) is 0 Å². The molecule has 0 radical (unpaired) electrons. The highest BCUT2D eigenvalue weighted by molar-refractivity contribution is 5.89. The molecule has 2 N–H and O–H groups in total. The molecule has 0 saturated heterocycles. The molecule has 1 saturated carbocycles. The molecule has 1 fully saturated rings. The SMILES string of the molecule is CN(C)C(c1ccccc1)C1CCC(NC(=O)Nc2cccc(C(F)(F)F)c2)CC1. The van der Waals surface area contributed by atoms with E-state index < -0.39 is 17.8 Å². The van der Waals surface area contributed by atoms with E-state index in [0.29, 0.717) is 12.0 Å². The van der Waals surface area contributed by atoms with Crippen molar-refractivity contribution in [1.82, 2.24) is 10.2 Å². The standard InChI is InChI=1S/C23H28F3N3O/c1-29(2)21(16-7-4-3-5-8-16)17-11-13-19(14-12-17)27-22(30)28-20-10-6-9-18(15-20)23(24,25)26/h3-10,15,17,19,21H,11-14H2,1-2H3,(H2,27,28,30). The quantitative estimate of drug-likeness (QED) is 0.654. The van der Waals surface area contributed by atoms with Gasteiger partial charge in [0.25, 0.3) is 0 Å². The van der Waals surface area contributed by atoms with Gasteiger partial charge >= 0.3 is 12.2 Å². The Morgan fingerprint density at radius 2 is 1.67 bits per heavy atom. The third-order valence-corrected chi connectivity index (χ3v) is 5.70.